The predicted octanol–water partition coefficient (Wildman–Crippen LogP) is 3.04. The molecule has 1 saturated carbocycles. The molecule has 1 aromatic rings. The van der Waals surface area contributed by atoms with Crippen molar-refractivity contribution in [2.24, 2.45) is 11.8 Å². The maximum Gasteiger partial charge on any atom is 0.307 e. The second kappa shape index (κ2) is 6.35. The van der Waals surface area contributed by atoms with Gasteiger partial charge < -0.3 is 14.6 Å². The Balaban J connectivity index is 2.39. The lowest BCUT2D eigenvalue weighted by Crippen LogP contribution is -2.25. The number of carboxylic acid groups (broad SMARTS) is 1. The van der Waals surface area contributed by atoms with Crippen LogP contribution in [0.2, 0.25) is 5.02 Å². The number of ketones is 1. The minimum absolute atomic E-state index is 0.218. The molecular weight excluding hydrogens is 296 g/mol. The number of hydrogen-bond donors (Lipinski definition) is 1. The average Bonchev–Trinajstić information content (AvgIpc) is 2.95. The quantitative estimate of drug-likeness (QED) is 0.846. The summed E-state index contributed by atoms with van der Waals surface area (Å²) in [5, 5.41) is 9.43. The van der Waals surface area contributed by atoms with Crippen LogP contribution >= 0.6 is 11.6 Å². The summed E-state index contributed by atoms with van der Waals surface area (Å²) >= 11 is 6.15. The van der Waals surface area contributed by atoms with Crippen molar-refractivity contribution in [2.75, 3.05) is 14.2 Å². The summed E-state index contributed by atoms with van der Waals surface area (Å²) < 4.78 is 10.3. The van der Waals surface area contributed by atoms with Gasteiger partial charge in [0.15, 0.2) is 11.5 Å². The molecule has 6 heteroatoms. The van der Waals surface area contributed by atoms with E-state index in [1.54, 1.807) is 12.1 Å². The Labute approximate surface area is 127 Å². The van der Waals surface area contributed by atoms with Crippen molar-refractivity contribution in [1.82, 2.24) is 0 Å². The second-order valence-electron chi connectivity index (χ2n) is 5.01. The lowest BCUT2D eigenvalue weighted by molar-refractivity contribution is -0.142. The van der Waals surface area contributed by atoms with Crippen molar-refractivity contribution in [3.63, 3.8) is 0 Å². The van der Waals surface area contributed by atoms with Crippen LogP contribution in [-0.2, 0) is 4.79 Å². The smallest absolute Gasteiger partial charge is 0.307 e. The Hall–Kier alpha value is -1.75. The van der Waals surface area contributed by atoms with Crippen LogP contribution in [0.25, 0.3) is 0 Å². The first-order valence-corrected chi connectivity index (χ1v) is 7.06. The third-order valence-electron chi connectivity index (χ3n) is 3.92. The van der Waals surface area contributed by atoms with Gasteiger partial charge >= 0.3 is 5.97 Å². The van der Waals surface area contributed by atoms with Crippen LogP contribution in [0.4, 0.5) is 0 Å². The number of Topliss-reactive ketones (excluding diaryl/α,β-unsaturated/α-hetero) is 1. The van der Waals surface area contributed by atoms with Crippen molar-refractivity contribution in [2.45, 2.75) is 19.3 Å². The summed E-state index contributed by atoms with van der Waals surface area (Å²) in [4.78, 5) is 23.9. The van der Waals surface area contributed by atoms with E-state index in [1.807, 2.05) is 0 Å². The van der Waals surface area contributed by atoms with E-state index in [1.165, 1.54) is 14.2 Å². The maximum atomic E-state index is 12.7. The van der Waals surface area contributed by atoms with Gasteiger partial charge in [-0.25, -0.2) is 0 Å². The zero-order valence-corrected chi connectivity index (χ0v) is 12.6. The maximum absolute atomic E-state index is 12.7. The topological polar surface area (TPSA) is 72.8 Å². The molecule has 5 nitrogen and oxygen atoms in total. The van der Waals surface area contributed by atoms with Gasteiger partial charge in [-0.3, -0.25) is 9.59 Å². The molecule has 1 aromatic carbocycles. The normalized spacial score (nSPS) is 21.1. The molecule has 0 heterocycles. The van der Waals surface area contributed by atoms with Crippen LogP contribution in [0.3, 0.4) is 0 Å². The Kier molecular flexibility index (Phi) is 4.73. The number of hydrogen-bond acceptors (Lipinski definition) is 4. The molecular formula is C15H17ClO5. The predicted molar refractivity (Wildman–Crippen MR) is 77.4 cm³/mol. The molecule has 0 saturated heterocycles. The number of carbonyl (C=O) groups excluding carboxylic acids is 1. The molecule has 1 fully saturated rings. The van der Waals surface area contributed by atoms with Gasteiger partial charge in [0.25, 0.3) is 0 Å². The zero-order valence-electron chi connectivity index (χ0n) is 11.9. The van der Waals surface area contributed by atoms with E-state index in [9.17, 15) is 14.7 Å². The highest BCUT2D eigenvalue weighted by atomic mass is 35.5. The molecule has 21 heavy (non-hydrogen) atoms. The molecule has 0 radical (unpaired) electrons. The largest absolute Gasteiger partial charge is 0.495 e. The van der Waals surface area contributed by atoms with Crippen molar-refractivity contribution in [3.05, 3.63) is 22.7 Å². The Morgan fingerprint density at radius 3 is 2.43 bits per heavy atom. The van der Waals surface area contributed by atoms with Gasteiger partial charge in [0, 0.05) is 5.92 Å². The van der Waals surface area contributed by atoms with E-state index in [4.69, 9.17) is 21.1 Å². The molecule has 0 bridgehead atoms. The number of aliphatic carboxylic acids is 1. The fraction of sp³-hybridized carbons (Fsp3) is 0.467. The lowest BCUT2D eigenvalue weighted by atomic mass is 9.88. The molecule has 1 aliphatic carbocycles. The zero-order chi connectivity index (χ0) is 15.6. The summed E-state index contributed by atoms with van der Waals surface area (Å²) in [7, 11) is 2.89. The van der Waals surface area contributed by atoms with E-state index in [2.05, 4.69) is 0 Å². The van der Waals surface area contributed by atoms with E-state index in [-0.39, 0.29) is 16.6 Å². The fourth-order valence-corrected chi connectivity index (χ4v) is 3.18. The molecule has 0 spiro atoms. The van der Waals surface area contributed by atoms with Crippen LogP contribution in [-0.4, -0.2) is 31.1 Å². The first-order valence-electron chi connectivity index (χ1n) is 6.68. The number of ether oxygens (including phenoxy) is 2. The highest BCUT2D eigenvalue weighted by Gasteiger charge is 2.39. The van der Waals surface area contributed by atoms with Gasteiger partial charge in [-0.15, -0.1) is 0 Å². The van der Waals surface area contributed by atoms with Crippen LogP contribution < -0.4 is 9.47 Å². The first kappa shape index (κ1) is 15.6. The molecule has 0 amide bonds. The summed E-state index contributed by atoms with van der Waals surface area (Å²) in [6.45, 7) is 0. The summed E-state index contributed by atoms with van der Waals surface area (Å²) in [5.41, 5.74) is 0.307. The van der Waals surface area contributed by atoms with Crippen molar-refractivity contribution in [3.8, 4) is 11.5 Å². The molecule has 2 atom stereocenters. The summed E-state index contributed by atoms with van der Waals surface area (Å²) in [6.07, 6.45) is 1.83. The number of carbonyl (C=O) groups is 2. The second-order valence-corrected chi connectivity index (χ2v) is 5.39. The average molecular weight is 313 g/mol. The van der Waals surface area contributed by atoms with E-state index in [0.29, 0.717) is 24.2 Å². The monoisotopic (exact) mass is 312 g/mol. The lowest BCUT2D eigenvalue weighted by Gasteiger charge is -2.17. The SMILES string of the molecule is COc1ccc(C(=O)C2CCCC2C(=O)O)c(OC)c1Cl. The standard InChI is InChI=1S/C15H17ClO5/c1-20-11-7-6-10(14(21-2)12(11)16)13(17)8-4-3-5-9(8)15(18)19/h6-9H,3-5H2,1-2H3,(H,18,19). The van der Waals surface area contributed by atoms with E-state index in [0.717, 1.165) is 6.42 Å². The van der Waals surface area contributed by atoms with Gasteiger partial charge in [0.1, 0.15) is 10.8 Å². The molecule has 2 unspecified atom stereocenters. The number of carboxylic acids is 1. The number of halogens is 1. The third kappa shape index (κ3) is 2.83. The van der Waals surface area contributed by atoms with Crippen LogP contribution in [0, 0.1) is 11.8 Å². The Morgan fingerprint density at radius 2 is 1.86 bits per heavy atom. The van der Waals surface area contributed by atoms with Crippen molar-refractivity contribution in [1.29, 1.82) is 0 Å². The van der Waals surface area contributed by atoms with Crippen molar-refractivity contribution < 1.29 is 24.2 Å². The molecule has 0 aromatic heterocycles. The molecule has 114 valence electrons. The summed E-state index contributed by atoms with van der Waals surface area (Å²) in [5.74, 6) is -1.68. The van der Waals surface area contributed by atoms with Crippen LogP contribution in [0.1, 0.15) is 29.6 Å². The first-order chi connectivity index (χ1) is 10.0. The van der Waals surface area contributed by atoms with E-state index < -0.39 is 17.8 Å². The van der Waals surface area contributed by atoms with Crippen LogP contribution in [0.5, 0.6) is 11.5 Å². The number of methoxy groups -OCH3 is 2. The minimum Gasteiger partial charge on any atom is -0.495 e. The number of benzene rings is 1. The highest BCUT2D eigenvalue weighted by Crippen LogP contribution is 2.41. The Morgan fingerprint density at radius 1 is 1.19 bits per heavy atom. The van der Waals surface area contributed by atoms with Gasteiger partial charge in [-0.2, -0.15) is 0 Å². The van der Waals surface area contributed by atoms with Crippen molar-refractivity contribution >= 4 is 23.4 Å². The van der Waals surface area contributed by atoms with E-state index >= 15 is 0 Å². The molecule has 0 aliphatic heterocycles. The number of rotatable bonds is 5. The highest BCUT2D eigenvalue weighted by molar-refractivity contribution is 6.34. The van der Waals surface area contributed by atoms with Gasteiger partial charge in [0.05, 0.1) is 25.7 Å². The Bertz CT molecular complexity index is 569. The van der Waals surface area contributed by atoms with Gasteiger partial charge in [-0.05, 0) is 25.0 Å². The fourth-order valence-electron chi connectivity index (χ4n) is 2.86. The van der Waals surface area contributed by atoms with Gasteiger partial charge in [-0.1, -0.05) is 18.0 Å². The minimum atomic E-state index is -0.926. The van der Waals surface area contributed by atoms with Crippen LogP contribution in [0.15, 0.2) is 12.1 Å². The summed E-state index contributed by atoms with van der Waals surface area (Å²) in [6, 6.07) is 3.16. The van der Waals surface area contributed by atoms with Gasteiger partial charge in [0.2, 0.25) is 0 Å². The molecule has 1 N–H and O–H groups in total. The molecule has 2 rings (SSSR count). The third-order valence-corrected chi connectivity index (χ3v) is 4.28. The molecule has 1 aliphatic rings.